The van der Waals surface area contributed by atoms with Crippen molar-refractivity contribution in [2.75, 3.05) is 11.9 Å². The van der Waals surface area contributed by atoms with Crippen LogP contribution in [-0.2, 0) is 9.59 Å². The molecule has 0 spiro atoms. The van der Waals surface area contributed by atoms with Gasteiger partial charge in [0.05, 0.1) is 22.2 Å². The van der Waals surface area contributed by atoms with Crippen LogP contribution in [0.3, 0.4) is 0 Å². The fourth-order valence-corrected chi connectivity index (χ4v) is 2.13. The zero-order valence-corrected chi connectivity index (χ0v) is 14.0. The van der Waals surface area contributed by atoms with Crippen LogP contribution in [0.5, 0.6) is 0 Å². The van der Waals surface area contributed by atoms with Gasteiger partial charge in [-0.3, -0.25) is 9.59 Å². The van der Waals surface area contributed by atoms with Crippen molar-refractivity contribution in [3.8, 4) is 0 Å². The van der Waals surface area contributed by atoms with Gasteiger partial charge < -0.3 is 15.7 Å². The van der Waals surface area contributed by atoms with Gasteiger partial charge in [-0.05, 0) is 31.0 Å². The van der Waals surface area contributed by atoms with Crippen LogP contribution in [0, 0.1) is 5.92 Å². The van der Waals surface area contributed by atoms with Gasteiger partial charge in [0.25, 0.3) is 0 Å². The van der Waals surface area contributed by atoms with Crippen molar-refractivity contribution in [2.45, 2.75) is 32.7 Å². The molecule has 3 N–H and O–H groups in total. The molecule has 0 aromatic heterocycles. The Balaban J connectivity index is 2.60. The first-order valence-corrected chi connectivity index (χ1v) is 7.77. The highest BCUT2D eigenvalue weighted by atomic mass is 35.5. The summed E-state index contributed by atoms with van der Waals surface area (Å²) in [7, 11) is 0. The van der Waals surface area contributed by atoms with E-state index < -0.39 is 17.9 Å². The summed E-state index contributed by atoms with van der Waals surface area (Å²) in [5, 5.41) is 15.2. The number of amides is 1. The molecule has 1 aromatic carbocycles. The first kappa shape index (κ1) is 18.7. The largest absolute Gasteiger partial charge is 0.480 e. The molecule has 7 heteroatoms. The zero-order valence-electron chi connectivity index (χ0n) is 12.5. The summed E-state index contributed by atoms with van der Waals surface area (Å²) < 4.78 is 0. The molecule has 1 amide bonds. The minimum Gasteiger partial charge on any atom is -0.480 e. The number of halogens is 2. The molecule has 122 valence electrons. The Morgan fingerprint density at radius 1 is 1.27 bits per heavy atom. The number of aliphatic carboxylic acids is 1. The van der Waals surface area contributed by atoms with Crippen LogP contribution < -0.4 is 10.6 Å². The molecule has 0 aliphatic rings. The van der Waals surface area contributed by atoms with Gasteiger partial charge in [-0.1, -0.05) is 43.1 Å². The van der Waals surface area contributed by atoms with E-state index in [1.54, 1.807) is 18.2 Å². The van der Waals surface area contributed by atoms with E-state index in [0.29, 0.717) is 23.2 Å². The number of benzene rings is 1. The van der Waals surface area contributed by atoms with E-state index >= 15 is 0 Å². The topological polar surface area (TPSA) is 78.4 Å². The summed E-state index contributed by atoms with van der Waals surface area (Å²) in [4.78, 5) is 23.2. The van der Waals surface area contributed by atoms with Gasteiger partial charge in [0.15, 0.2) is 0 Å². The third kappa shape index (κ3) is 6.22. The van der Waals surface area contributed by atoms with E-state index in [4.69, 9.17) is 28.3 Å². The number of nitrogens with one attached hydrogen (secondary N) is 2. The average Bonchev–Trinajstić information content (AvgIpc) is 2.42. The summed E-state index contributed by atoms with van der Waals surface area (Å²) in [6.45, 7) is 4.64. The molecule has 22 heavy (non-hydrogen) atoms. The van der Waals surface area contributed by atoms with Gasteiger partial charge >= 0.3 is 5.97 Å². The molecular weight excluding hydrogens is 327 g/mol. The number of anilines is 1. The number of carbonyl (C=O) groups excluding carboxylic acids is 1. The van der Waals surface area contributed by atoms with Crippen LogP contribution in [-0.4, -0.2) is 29.6 Å². The first-order chi connectivity index (χ1) is 10.3. The molecule has 0 aliphatic carbocycles. The van der Waals surface area contributed by atoms with Crippen LogP contribution in [0.4, 0.5) is 5.69 Å². The van der Waals surface area contributed by atoms with Crippen molar-refractivity contribution in [3.05, 3.63) is 28.2 Å². The van der Waals surface area contributed by atoms with Crippen molar-refractivity contribution in [1.29, 1.82) is 0 Å². The molecule has 1 rings (SSSR count). The molecule has 0 fully saturated rings. The van der Waals surface area contributed by atoms with Crippen LogP contribution in [0.1, 0.15) is 26.7 Å². The number of carbonyl (C=O) groups is 2. The monoisotopic (exact) mass is 346 g/mol. The highest BCUT2D eigenvalue weighted by Crippen LogP contribution is 2.29. The zero-order chi connectivity index (χ0) is 16.7. The number of carboxylic acid groups (broad SMARTS) is 1. The first-order valence-electron chi connectivity index (χ1n) is 7.01. The molecule has 0 bridgehead atoms. The van der Waals surface area contributed by atoms with E-state index in [9.17, 15) is 9.59 Å². The Morgan fingerprint density at radius 3 is 2.55 bits per heavy atom. The third-order valence-corrected chi connectivity index (χ3v) is 3.84. The fraction of sp³-hybridized carbons (Fsp3) is 0.467. The molecule has 1 unspecified atom stereocenters. The van der Waals surface area contributed by atoms with Crippen LogP contribution >= 0.6 is 23.2 Å². The highest BCUT2D eigenvalue weighted by Gasteiger charge is 2.21. The quantitative estimate of drug-likeness (QED) is 0.673. The van der Waals surface area contributed by atoms with Crippen molar-refractivity contribution in [1.82, 2.24) is 5.32 Å². The Bertz CT molecular complexity index is 536. The lowest BCUT2D eigenvalue weighted by atomic mass is 10.1. The second-order valence-electron chi connectivity index (χ2n) is 5.38. The number of rotatable bonds is 8. The summed E-state index contributed by atoms with van der Waals surface area (Å²) >= 11 is 11.8. The second kappa shape index (κ2) is 8.98. The third-order valence-electron chi connectivity index (χ3n) is 3.03. The molecule has 0 saturated carbocycles. The molecule has 0 aliphatic heterocycles. The van der Waals surface area contributed by atoms with Crippen molar-refractivity contribution >= 4 is 40.8 Å². The van der Waals surface area contributed by atoms with Crippen LogP contribution in [0.2, 0.25) is 10.0 Å². The minimum absolute atomic E-state index is 0.184. The van der Waals surface area contributed by atoms with Gasteiger partial charge in [0.1, 0.15) is 6.04 Å². The van der Waals surface area contributed by atoms with E-state index in [0.717, 1.165) is 6.42 Å². The van der Waals surface area contributed by atoms with Gasteiger partial charge in [0, 0.05) is 0 Å². The van der Waals surface area contributed by atoms with Crippen LogP contribution in [0.15, 0.2) is 18.2 Å². The maximum Gasteiger partial charge on any atom is 0.321 e. The van der Waals surface area contributed by atoms with E-state index in [1.807, 2.05) is 13.8 Å². The Kier molecular flexibility index (Phi) is 7.65. The SMILES string of the molecule is CC(C)CCNC(CC(=O)Nc1cccc(Cl)c1Cl)C(=O)O. The number of carboxylic acids is 1. The summed E-state index contributed by atoms with van der Waals surface area (Å²) in [6.07, 6.45) is 0.655. The average molecular weight is 347 g/mol. The number of hydrogen-bond acceptors (Lipinski definition) is 3. The smallest absolute Gasteiger partial charge is 0.321 e. The Hall–Kier alpha value is -1.30. The molecule has 0 radical (unpaired) electrons. The molecule has 0 heterocycles. The second-order valence-corrected chi connectivity index (χ2v) is 6.17. The lowest BCUT2D eigenvalue weighted by Crippen LogP contribution is -2.40. The Morgan fingerprint density at radius 2 is 1.95 bits per heavy atom. The van der Waals surface area contributed by atoms with Gasteiger partial charge in [-0.25, -0.2) is 0 Å². The van der Waals surface area contributed by atoms with Crippen molar-refractivity contribution in [2.24, 2.45) is 5.92 Å². The van der Waals surface area contributed by atoms with Gasteiger partial charge in [-0.15, -0.1) is 0 Å². The standard InChI is InChI=1S/C15H20Cl2N2O3/c1-9(2)6-7-18-12(15(21)22)8-13(20)19-11-5-3-4-10(16)14(11)17/h3-5,9,12,18H,6-8H2,1-2H3,(H,19,20)(H,21,22). The normalized spacial score (nSPS) is 12.2. The highest BCUT2D eigenvalue weighted by molar-refractivity contribution is 6.43. The summed E-state index contributed by atoms with van der Waals surface area (Å²) in [5.74, 6) is -1.04. The van der Waals surface area contributed by atoms with E-state index in [2.05, 4.69) is 10.6 Å². The maximum atomic E-state index is 12.0. The Labute approximate surface area is 140 Å². The molecule has 1 aromatic rings. The molecule has 1 atom stereocenters. The lowest BCUT2D eigenvalue weighted by molar-refractivity contribution is -0.141. The summed E-state index contributed by atoms with van der Waals surface area (Å²) in [6, 6.07) is 3.93. The molecule has 0 saturated heterocycles. The van der Waals surface area contributed by atoms with Crippen molar-refractivity contribution < 1.29 is 14.7 Å². The lowest BCUT2D eigenvalue weighted by Gasteiger charge is -2.15. The van der Waals surface area contributed by atoms with E-state index in [1.165, 1.54) is 0 Å². The van der Waals surface area contributed by atoms with Gasteiger partial charge in [0.2, 0.25) is 5.91 Å². The molecular formula is C15H20Cl2N2O3. The van der Waals surface area contributed by atoms with Crippen LogP contribution in [0.25, 0.3) is 0 Å². The predicted molar refractivity (Wildman–Crippen MR) is 88.6 cm³/mol. The molecule has 5 nitrogen and oxygen atoms in total. The van der Waals surface area contributed by atoms with Gasteiger partial charge in [-0.2, -0.15) is 0 Å². The maximum absolute atomic E-state index is 12.0. The predicted octanol–water partition coefficient (Wildman–Crippen LogP) is 3.41. The number of hydrogen-bond donors (Lipinski definition) is 3. The van der Waals surface area contributed by atoms with E-state index in [-0.39, 0.29) is 11.4 Å². The minimum atomic E-state index is -1.06. The summed E-state index contributed by atoms with van der Waals surface area (Å²) in [5.41, 5.74) is 0.366. The van der Waals surface area contributed by atoms with Crippen molar-refractivity contribution in [3.63, 3.8) is 0 Å². The fourth-order valence-electron chi connectivity index (χ4n) is 1.78.